The maximum absolute atomic E-state index is 5.51. The van der Waals surface area contributed by atoms with E-state index in [1.807, 2.05) is 18.2 Å². The molecule has 15 heavy (non-hydrogen) atoms. The third-order valence-electron chi connectivity index (χ3n) is 2.49. The summed E-state index contributed by atoms with van der Waals surface area (Å²) < 4.78 is 5.51. The lowest BCUT2D eigenvalue weighted by molar-refractivity contribution is 0.116. The van der Waals surface area contributed by atoms with Gasteiger partial charge in [-0.15, -0.1) is 0 Å². The van der Waals surface area contributed by atoms with Crippen LogP contribution in [0.3, 0.4) is 0 Å². The van der Waals surface area contributed by atoms with E-state index in [4.69, 9.17) is 4.74 Å². The fourth-order valence-corrected chi connectivity index (χ4v) is 1.54. The number of hydrogen-bond donors (Lipinski definition) is 0. The van der Waals surface area contributed by atoms with Crippen LogP contribution in [0.1, 0.15) is 39.5 Å². The number of unbranched alkanes of at least 4 members (excludes halogenated alkanes) is 2. The Labute approximate surface area is 93.6 Å². The van der Waals surface area contributed by atoms with Crippen LogP contribution in [0.4, 0.5) is 0 Å². The maximum Gasteiger partial charge on any atom is 0.239 e. The quantitative estimate of drug-likeness (QED) is 0.635. The van der Waals surface area contributed by atoms with E-state index < -0.39 is 0 Å². The molecule has 0 N–H and O–H groups in total. The molecule has 1 rings (SSSR count). The molecule has 0 aromatic heterocycles. The van der Waals surface area contributed by atoms with E-state index in [1.54, 1.807) is 6.26 Å². The number of allylic oxidation sites excluding steroid dienone is 2. The molecule has 0 atom stereocenters. The van der Waals surface area contributed by atoms with Crippen molar-refractivity contribution in [2.45, 2.75) is 39.5 Å². The van der Waals surface area contributed by atoms with Gasteiger partial charge in [-0.05, 0) is 25.0 Å². The van der Waals surface area contributed by atoms with Crippen LogP contribution < -0.4 is 0 Å². The minimum atomic E-state index is 0.999. The molecule has 0 aromatic carbocycles. The number of nitrogens with zero attached hydrogens (tertiary/aromatic N) is 1. The summed E-state index contributed by atoms with van der Waals surface area (Å²) in [5, 5.41) is 0. The Bertz CT molecular complexity index is 203. The SMILES string of the molecule is CCCCN(CCCC)[C]1C=CC=CO1. The van der Waals surface area contributed by atoms with Crippen LogP contribution >= 0.6 is 0 Å². The van der Waals surface area contributed by atoms with Crippen molar-refractivity contribution in [2.75, 3.05) is 13.1 Å². The molecule has 85 valence electrons. The fourth-order valence-electron chi connectivity index (χ4n) is 1.54. The van der Waals surface area contributed by atoms with Gasteiger partial charge in [-0.2, -0.15) is 0 Å². The summed E-state index contributed by atoms with van der Waals surface area (Å²) >= 11 is 0. The summed E-state index contributed by atoms with van der Waals surface area (Å²) in [6.45, 7) is 6.65. The first-order valence-corrected chi connectivity index (χ1v) is 6.00. The second-order valence-electron chi connectivity index (χ2n) is 3.84. The monoisotopic (exact) mass is 208 g/mol. The van der Waals surface area contributed by atoms with Crippen molar-refractivity contribution in [1.82, 2.24) is 4.90 Å². The number of hydrogen-bond acceptors (Lipinski definition) is 2. The van der Waals surface area contributed by atoms with Gasteiger partial charge in [0.15, 0.2) is 0 Å². The van der Waals surface area contributed by atoms with Crippen molar-refractivity contribution in [1.29, 1.82) is 0 Å². The third kappa shape index (κ3) is 4.52. The Morgan fingerprint density at radius 2 is 1.73 bits per heavy atom. The standard InChI is InChI=1S/C13H22NO/c1-3-5-10-14(11-6-4-2)13-9-7-8-12-15-13/h7-9,12H,3-6,10-11H2,1-2H3. The van der Waals surface area contributed by atoms with Crippen LogP contribution in [0.15, 0.2) is 24.5 Å². The van der Waals surface area contributed by atoms with Gasteiger partial charge >= 0.3 is 0 Å². The molecule has 2 nitrogen and oxygen atoms in total. The Morgan fingerprint density at radius 1 is 1.07 bits per heavy atom. The lowest BCUT2D eigenvalue weighted by Gasteiger charge is -2.28. The Kier molecular flexibility index (Phi) is 6.17. The molecule has 1 aliphatic heterocycles. The largest absolute Gasteiger partial charge is 0.470 e. The van der Waals surface area contributed by atoms with Gasteiger partial charge in [0, 0.05) is 13.1 Å². The molecular formula is C13H22NO. The molecule has 0 saturated heterocycles. The topological polar surface area (TPSA) is 12.5 Å². The van der Waals surface area contributed by atoms with Gasteiger partial charge in [0.1, 0.15) is 0 Å². The van der Waals surface area contributed by atoms with Gasteiger partial charge in [0.05, 0.1) is 6.26 Å². The summed E-state index contributed by atoms with van der Waals surface area (Å²) in [7, 11) is 0. The molecule has 0 aromatic rings. The van der Waals surface area contributed by atoms with Gasteiger partial charge in [0.25, 0.3) is 0 Å². The van der Waals surface area contributed by atoms with Crippen LogP contribution in [0.2, 0.25) is 0 Å². The second-order valence-corrected chi connectivity index (χ2v) is 3.84. The van der Waals surface area contributed by atoms with E-state index in [9.17, 15) is 0 Å². The Balaban J connectivity index is 2.39. The van der Waals surface area contributed by atoms with Gasteiger partial charge in [-0.25, -0.2) is 0 Å². The van der Waals surface area contributed by atoms with Crippen LogP contribution in [0.5, 0.6) is 0 Å². The average Bonchev–Trinajstić information content (AvgIpc) is 2.30. The minimum absolute atomic E-state index is 0.999. The molecule has 1 aliphatic rings. The van der Waals surface area contributed by atoms with E-state index in [0.717, 1.165) is 19.3 Å². The van der Waals surface area contributed by atoms with E-state index in [2.05, 4.69) is 18.7 Å². The Morgan fingerprint density at radius 3 is 2.20 bits per heavy atom. The molecule has 0 unspecified atom stereocenters. The van der Waals surface area contributed by atoms with E-state index in [-0.39, 0.29) is 0 Å². The van der Waals surface area contributed by atoms with E-state index >= 15 is 0 Å². The lowest BCUT2D eigenvalue weighted by Crippen LogP contribution is -2.31. The lowest BCUT2D eigenvalue weighted by atomic mass is 10.2. The molecule has 0 fully saturated rings. The van der Waals surface area contributed by atoms with Crippen LogP contribution in [-0.4, -0.2) is 18.0 Å². The highest BCUT2D eigenvalue weighted by Gasteiger charge is 2.17. The van der Waals surface area contributed by atoms with E-state index in [1.165, 1.54) is 25.7 Å². The highest BCUT2D eigenvalue weighted by molar-refractivity contribution is 5.15. The van der Waals surface area contributed by atoms with Crippen LogP contribution in [0.25, 0.3) is 0 Å². The molecule has 0 bridgehead atoms. The zero-order valence-electron chi connectivity index (χ0n) is 9.91. The van der Waals surface area contributed by atoms with Crippen molar-refractivity contribution in [3.8, 4) is 0 Å². The molecule has 0 amide bonds. The summed E-state index contributed by atoms with van der Waals surface area (Å²) in [4.78, 5) is 2.34. The summed E-state index contributed by atoms with van der Waals surface area (Å²) in [6.07, 6.45) is 13.7. The minimum Gasteiger partial charge on any atom is -0.470 e. The van der Waals surface area contributed by atoms with Gasteiger partial charge < -0.3 is 4.74 Å². The average molecular weight is 208 g/mol. The predicted octanol–water partition coefficient (Wildman–Crippen LogP) is 3.48. The van der Waals surface area contributed by atoms with Gasteiger partial charge in [0.2, 0.25) is 6.23 Å². The molecule has 0 saturated carbocycles. The molecule has 0 aliphatic carbocycles. The normalized spacial score (nSPS) is 15.9. The van der Waals surface area contributed by atoms with Crippen molar-refractivity contribution in [2.24, 2.45) is 0 Å². The molecule has 1 radical (unpaired) electrons. The van der Waals surface area contributed by atoms with Gasteiger partial charge in [-0.3, -0.25) is 4.90 Å². The summed E-state index contributed by atoms with van der Waals surface area (Å²) in [6, 6.07) is 0. The zero-order chi connectivity index (χ0) is 10.9. The maximum atomic E-state index is 5.51. The smallest absolute Gasteiger partial charge is 0.239 e. The number of ether oxygens (including phenoxy) is 1. The third-order valence-corrected chi connectivity index (χ3v) is 2.49. The molecular weight excluding hydrogens is 186 g/mol. The fraction of sp³-hybridized carbons (Fsp3) is 0.615. The van der Waals surface area contributed by atoms with Crippen molar-refractivity contribution < 1.29 is 4.74 Å². The van der Waals surface area contributed by atoms with Crippen LogP contribution in [0, 0.1) is 6.23 Å². The zero-order valence-corrected chi connectivity index (χ0v) is 9.91. The van der Waals surface area contributed by atoms with Gasteiger partial charge in [-0.1, -0.05) is 32.8 Å². The van der Waals surface area contributed by atoms with Crippen LogP contribution in [-0.2, 0) is 4.74 Å². The number of rotatable bonds is 7. The van der Waals surface area contributed by atoms with Crippen molar-refractivity contribution in [3.63, 3.8) is 0 Å². The highest BCUT2D eigenvalue weighted by Crippen LogP contribution is 2.17. The van der Waals surface area contributed by atoms with Crippen molar-refractivity contribution in [3.05, 3.63) is 30.7 Å². The highest BCUT2D eigenvalue weighted by atomic mass is 16.5. The summed E-state index contributed by atoms with van der Waals surface area (Å²) in [5.41, 5.74) is 0. The first-order valence-electron chi connectivity index (χ1n) is 6.00. The molecule has 0 spiro atoms. The molecule has 1 heterocycles. The first kappa shape index (κ1) is 12.3. The van der Waals surface area contributed by atoms with Crippen molar-refractivity contribution >= 4 is 0 Å². The predicted molar refractivity (Wildman–Crippen MR) is 64.0 cm³/mol. The first-order chi connectivity index (χ1) is 7.38. The summed E-state index contributed by atoms with van der Waals surface area (Å²) in [5.74, 6) is 0. The Hall–Kier alpha value is -0.760. The van der Waals surface area contributed by atoms with E-state index in [0.29, 0.717) is 0 Å². The molecule has 2 heteroatoms. The second kappa shape index (κ2) is 7.52.